The number of carboxylic acid groups (broad SMARTS) is 1. The summed E-state index contributed by atoms with van der Waals surface area (Å²) in [5, 5.41) is 8.31. The van der Waals surface area contributed by atoms with E-state index in [0.717, 1.165) is 6.26 Å². The Bertz CT molecular complexity index is 542. The van der Waals surface area contributed by atoms with E-state index in [1.807, 2.05) is 0 Å². The number of rotatable bonds is 3. The Labute approximate surface area is 122 Å². The van der Waals surface area contributed by atoms with Crippen LogP contribution in [-0.4, -0.2) is 60.0 Å². The zero-order chi connectivity index (χ0) is 15.3. The highest BCUT2D eigenvalue weighted by Crippen LogP contribution is 2.59. The molecule has 1 aliphatic carbocycles. The van der Waals surface area contributed by atoms with Gasteiger partial charge < -0.3 is 10.0 Å². The number of nitrogens with zero attached hydrogens (tertiary/aromatic N) is 1. The summed E-state index contributed by atoms with van der Waals surface area (Å²) >= 11 is 1.50. The SMILES string of the molecule is CC1(C)C(C(=O)O)C1C(=O)N1CCSCC1S(C)(=O)=O. The molecule has 2 rings (SSSR count). The minimum absolute atomic E-state index is 0.335. The van der Waals surface area contributed by atoms with Gasteiger partial charge in [-0.2, -0.15) is 11.8 Å². The van der Waals surface area contributed by atoms with Crippen molar-refractivity contribution in [2.24, 2.45) is 17.3 Å². The van der Waals surface area contributed by atoms with E-state index in [4.69, 9.17) is 5.11 Å². The highest BCUT2D eigenvalue weighted by atomic mass is 32.2. The maximum Gasteiger partial charge on any atom is 0.307 e. The van der Waals surface area contributed by atoms with Crippen LogP contribution in [0.2, 0.25) is 0 Å². The van der Waals surface area contributed by atoms with Crippen LogP contribution in [0.3, 0.4) is 0 Å². The Balaban J connectivity index is 2.22. The van der Waals surface area contributed by atoms with Gasteiger partial charge in [0.05, 0.1) is 11.8 Å². The summed E-state index contributed by atoms with van der Waals surface area (Å²) in [6.07, 6.45) is 1.12. The van der Waals surface area contributed by atoms with Crippen molar-refractivity contribution >= 4 is 33.5 Å². The predicted octanol–water partition coefficient (Wildman–Crippen LogP) is 0.289. The molecule has 0 aromatic heterocycles. The van der Waals surface area contributed by atoms with E-state index in [1.165, 1.54) is 16.7 Å². The number of carbonyl (C=O) groups is 2. The van der Waals surface area contributed by atoms with Crippen LogP contribution in [0, 0.1) is 17.3 Å². The summed E-state index contributed by atoms with van der Waals surface area (Å²) in [5.74, 6) is -1.62. The first-order valence-corrected chi connectivity index (χ1v) is 9.49. The third-order valence-corrected chi connectivity index (χ3v) is 6.86. The van der Waals surface area contributed by atoms with Crippen molar-refractivity contribution in [1.29, 1.82) is 0 Å². The molecular formula is C12H19NO5S2. The van der Waals surface area contributed by atoms with Gasteiger partial charge in [-0.1, -0.05) is 13.8 Å². The smallest absolute Gasteiger partial charge is 0.307 e. The van der Waals surface area contributed by atoms with Crippen LogP contribution in [0.5, 0.6) is 0 Å². The van der Waals surface area contributed by atoms with E-state index in [0.29, 0.717) is 18.1 Å². The first kappa shape index (κ1) is 15.6. The summed E-state index contributed by atoms with van der Waals surface area (Å²) in [7, 11) is -3.36. The normalized spacial score (nSPS) is 32.8. The minimum atomic E-state index is -3.36. The van der Waals surface area contributed by atoms with Gasteiger partial charge in [-0.25, -0.2) is 8.42 Å². The molecule has 6 nitrogen and oxygen atoms in total. The lowest BCUT2D eigenvalue weighted by atomic mass is 10.1. The molecule has 1 heterocycles. The maximum absolute atomic E-state index is 12.5. The minimum Gasteiger partial charge on any atom is -0.481 e. The fourth-order valence-electron chi connectivity index (χ4n) is 2.93. The number of sulfone groups is 1. The van der Waals surface area contributed by atoms with E-state index < -0.39 is 38.4 Å². The average Bonchev–Trinajstić information content (AvgIpc) is 2.90. The Morgan fingerprint density at radius 2 is 1.90 bits per heavy atom. The van der Waals surface area contributed by atoms with Crippen molar-refractivity contribution in [2.45, 2.75) is 19.2 Å². The largest absolute Gasteiger partial charge is 0.481 e. The van der Waals surface area contributed by atoms with E-state index in [2.05, 4.69) is 0 Å². The predicted molar refractivity (Wildman–Crippen MR) is 76.1 cm³/mol. The number of aliphatic carboxylic acids is 1. The molecule has 20 heavy (non-hydrogen) atoms. The molecule has 114 valence electrons. The summed E-state index contributed by atoms with van der Waals surface area (Å²) in [6, 6.07) is 0. The molecule has 1 saturated heterocycles. The van der Waals surface area contributed by atoms with Crippen LogP contribution in [-0.2, 0) is 19.4 Å². The maximum atomic E-state index is 12.5. The molecule has 3 unspecified atom stereocenters. The van der Waals surface area contributed by atoms with Crippen molar-refractivity contribution in [3.63, 3.8) is 0 Å². The first-order chi connectivity index (χ1) is 9.08. The third-order valence-electron chi connectivity index (χ3n) is 4.22. The monoisotopic (exact) mass is 321 g/mol. The molecule has 3 atom stereocenters. The molecule has 2 aliphatic rings. The number of carboxylic acids is 1. The highest BCUT2D eigenvalue weighted by molar-refractivity contribution is 8.00. The van der Waals surface area contributed by atoms with Crippen LogP contribution in [0.4, 0.5) is 0 Å². The molecule has 1 N–H and O–H groups in total. The van der Waals surface area contributed by atoms with E-state index >= 15 is 0 Å². The molecule has 8 heteroatoms. The van der Waals surface area contributed by atoms with E-state index in [1.54, 1.807) is 13.8 Å². The van der Waals surface area contributed by atoms with Crippen LogP contribution in [0.25, 0.3) is 0 Å². The second kappa shape index (κ2) is 4.91. The van der Waals surface area contributed by atoms with E-state index in [-0.39, 0.29) is 5.91 Å². The second-order valence-corrected chi connectivity index (χ2v) is 9.36. The van der Waals surface area contributed by atoms with Gasteiger partial charge in [0.2, 0.25) is 5.91 Å². The Morgan fingerprint density at radius 3 is 2.35 bits per heavy atom. The lowest BCUT2D eigenvalue weighted by Gasteiger charge is -2.34. The van der Waals surface area contributed by atoms with Crippen LogP contribution < -0.4 is 0 Å². The quantitative estimate of drug-likeness (QED) is 0.803. The molecule has 1 saturated carbocycles. The molecular weight excluding hydrogens is 302 g/mol. The molecule has 0 spiro atoms. The van der Waals surface area contributed by atoms with Crippen LogP contribution in [0.15, 0.2) is 0 Å². The summed E-state index contributed by atoms with van der Waals surface area (Å²) in [4.78, 5) is 25.1. The zero-order valence-corrected chi connectivity index (χ0v) is 13.3. The molecule has 2 fully saturated rings. The van der Waals surface area contributed by atoms with Crippen molar-refractivity contribution in [3.05, 3.63) is 0 Å². The van der Waals surface area contributed by atoms with Crippen molar-refractivity contribution < 1.29 is 23.1 Å². The van der Waals surface area contributed by atoms with Crippen molar-refractivity contribution in [2.75, 3.05) is 24.3 Å². The first-order valence-electron chi connectivity index (χ1n) is 6.38. The third kappa shape index (κ3) is 2.55. The second-order valence-electron chi connectivity index (χ2n) is 6.01. The number of hydrogen-bond acceptors (Lipinski definition) is 5. The Kier molecular flexibility index (Phi) is 3.83. The standard InChI is InChI=1S/C12H19NO5S2/c1-12(2)8(9(12)11(15)16)10(14)13-4-5-19-6-7(13)20(3,17)18/h7-9H,4-6H2,1-3H3,(H,15,16). The number of hydrogen-bond donors (Lipinski definition) is 1. The number of thioether (sulfide) groups is 1. The molecule has 0 aromatic rings. The summed E-state index contributed by atoms with van der Waals surface area (Å²) in [6.45, 7) is 3.84. The van der Waals surface area contributed by atoms with Gasteiger partial charge in [-0.05, 0) is 5.41 Å². The van der Waals surface area contributed by atoms with Crippen LogP contribution in [0.1, 0.15) is 13.8 Å². The van der Waals surface area contributed by atoms with Gasteiger partial charge in [0, 0.05) is 24.3 Å². The molecule has 0 bridgehead atoms. The Hall–Kier alpha value is -0.760. The lowest BCUT2D eigenvalue weighted by molar-refractivity contribution is -0.142. The van der Waals surface area contributed by atoms with Crippen LogP contribution >= 0.6 is 11.8 Å². The van der Waals surface area contributed by atoms with Gasteiger partial charge in [-0.3, -0.25) is 9.59 Å². The Morgan fingerprint density at radius 1 is 1.30 bits per heavy atom. The summed E-state index contributed by atoms with van der Waals surface area (Å²) < 4.78 is 23.6. The van der Waals surface area contributed by atoms with Gasteiger partial charge in [0.15, 0.2) is 9.84 Å². The zero-order valence-electron chi connectivity index (χ0n) is 11.7. The lowest BCUT2D eigenvalue weighted by Crippen LogP contribution is -2.51. The molecule has 1 aliphatic heterocycles. The summed E-state index contributed by atoms with van der Waals surface area (Å²) in [5.41, 5.74) is -0.602. The number of amides is 1. The van der Waals surface area contributed by atoms with Crippen molar-refractivity contribution in [3.8, 4) is 0 Å². The van der Waals surface area contributed by atoms with Gasteiger partial charge in [0.1, 0.15) is 5.37 Å². The van der Waals surface area contributed by atoms with Gasteiger partial charge >= 0.3 is 5.97 Å². The topological polar surface area (TPSA) is 91.8 Å². The van der Waals surface area contributed by atoms with Gasteiger partial charge in [0.25, 0.3) is 0 Å². The fraction of sp³-hybridized carbons (Fsp3) is 0.833. The number of carbonyl (C=O) groups excluding carboxylic acids is 1. The fourth-order valence-corrected chi connectivity index (χ4v) is 5.75. The van der Waals surface area contributed by atoms with Crippen molar-refractivity contribution in [1.82, 2.24) is 4.90 Å². The molecule has 0 aromatic carbocycles. The van der Waals surface area contributed by atoms with Gasteiger partial charge in [-0.15, -0.1) is 0 Å². The molecule has 1 amide bonds. The molecule has 0 radical (unpaired) electrons. The average molecular weight is 321 g/mol. The highest BCUT2D eigenvalue weighted by Gasteiger charge is 2.67. The van der Waals surface area contributed by atoms with E-state index in [9.17, 15) is 18.0 Å².